The third-order valence-electron chi connectivity index (χ3n) is 10.9. The van der Waals surface area contributed by atoms with Crippen molar-refractivity contribution in [3.05, 3.63) is 200 Å². The fourth-order valence-electron chi connectivity index (χ4n) is 8.64. The molecule has 5 heterocycles. The van der Waals surface area contributed by atoms with E-state index >= 15 is 0 Å². The van der Waals surface area contributed by atoms with Crippen LogP contribution in [0, 0.1) is 41.5 Å². The van der Waals surface area contributed by atoms with Crippen molar-refractivity contribution >= 4 is 56.5 Å². The smallest absolute Gasteiger partial charge is 0.0738 e. The van der Waals surface area contributed by atoms with Gasteiger partial charge in [-0.1, -0.05) is 59.7 Å². The standard InChI is InChI=1S/C50H42N6/c1-27-23-29(3)45(30(4)24-27)49-41-19-15-37(53-41)47(33-7-11-35(51)12-8-33)39-17-21-43(55-39)50(46-31(5)25-28(2)26-32(46)6)44-22-18-40(56-44)48(38-16-20-42(49)54-38)34-9-13-36(52)14-10-34/h7-26H,51-52H2,1-6H3. The lowest BCUT2D eigenvalue weighted by Crippen LogP contribution is -2.06. The fourth-order valence-corrected chi connectivity index (χ4v) is 8.64. The maximum absolute atomic E-state index is 6.21. The molecule has 0 aliphatic carbocycles. The summed E-state index contributed by atoms with van der Waals surface area (Å²) in [4.78, 5) is 21.8. The molecule has 0 fully saturated rings. The summed E-state index contributed by atoms with van der Waals surface area (Å²) in [6.45, 7) is 13.0. The zero-order chi connectivity index (χ0) is 38.8. The van der Waals surface area contributed by atoms with Gasteiger partial charge in [-0.15, -0.1) is 0 Å². The average molecular weight is 727 g/mol. The minimum Gasteiger partial charge on any atom is -0.399 e. The van der Waals surface area contributed by atoms with Crippen molar-refractivity contribution in [3.63, 3.8) is 0 Å². The lowest BCUT2D eigenvalue weighted by atomic mass is 9.90. The van der Waals surface area contributed by atoms with E-state index in [0.717, 1.165) is 90.2 Å². The van der Waals surface area contributed by atoms with E-state index in [1.54, 1.807) is 0 Å². The first-order valence-corrected chi connectivity index (χ1v) is 19.0. The van der Waals surface area contributed by atoms with Crippen molar-refractivity contribution in [1.82, 2.24) is 0 Å². The van der Waals surface area contributed by atoms with Crippen LogP contribution in [0.3, 0.4) is 0 Å². The van der Waals surface area contributed by atoms with Gasteiger partial charge in [-0.2, -0.15) is 0 Å². The molecule has 0 spiro atoms. The van der Waals surface area contributed by atoms with Gasteiger partial charge in [-0.3, -0.25) is 0 Å². The van der Waals surface area contributed by atoms with E-state index in [4.69, 9.17) is 31.4 Å². The molecule has 4 N–H and O–H groups in total. The van der Waals surface area contributed by atoms with Crippen LogP contribution < -0.4 is 11.5 Å². The number of nitrogen functional groups attached to an aromatic ring is 2. The molecule has 0 saturated heterocycles. The molecule has 0 amide bonds. The predicted octanol–water partition coefficient (Wildman–Crippen LogP) is 10.7. The van der Waals surface area contributed by atoms with Crippen LogP contribution in [0.5, 0.6) is 0 Å². The molecular weight excluding hydrogens is 685 g/mol. The number of benzene rings is 4. The molecule has 56 heavy (non-hydrogen) atoms. The number of anilines is 2. The van der Waals surface area contributed by atoms with Crippen LogP contribution in [-0.2, 0) is 0 Å². The molecule has 8 bridgehead atoms. The summed E-state index contributed by atoms with van der Waals surface area (Å²) in [5.74, 6) is 0. The zero-order valence-electron chi connectivity index (χ0n) is 32.5. The monoisotopic (exact) mass is 726 g/mol. The molecule has 5 aliphatic rings. The molecule has 6 nitrogen and oxygen atoms in total. The number of aryl methyl sites for hydroxylation is 6. The van der Waals surface area contributed by atoms with E-state index in [1.165, 1.54) is 33.4 Å². The van der Waals surface area contributed by atoms with E-state index in [0.29, 0.717) is 11.4 Å². The lowest BCUT2D eigenvalue weighted by Gasteiger charge is -2.17. The highest BCUT2D eigenvalue weighted by Gasteiger charge is 2.29. The number of rotatable bonds is 4. The van der Waals surface area contributed by atoms with Gasteiger partial charge in [0.15, 0.2) is 0 Å². The number of fused-ring (bicyclic) bond motifs is 4. The highest BCUT2D eigenvalue weighted by Crippen LogP contribution is 2.41. The average Bonchev–Trinajstić information content (AvgIpc) is 3.99. The van der Waals surface area contributed by atoms with Gasteiger partial charge in [-0.25, -0.2) is 20.0 Å². The van der Waals surface area contributed by atoms with Crippen molar-refractivity contribution in [2.24, 2.45) is 20.0 Å². The highest BCUT2D eigenvalue weighted by molar-refractivity contribution is 6.40. The number of nitrogens with zero attached hydrogens (tertiary/aromatic N) is 4. The molecule has 4 aromatic carbocycles. The Balaban J connectivity index is 1.40. The molecule has 4 aromatic rings. The Labute approximate surface area is 328 Å². The lowest BCUT2D eigenvalue weighted by molar-refractivity contribution is 1.28. The summed E-state index contributed by atoms with van der Waals surface area (Å²) in [5.41, 5.74) is 35.6. The molecule has 9 rings (SSSR count). The Hall–Kier alpha value is -6.92. The normalized spacial score (nSPS) is 17.1. The summed E-state index contributed by atoms with van der Waals surface area (Å²) in [7, 11) is 0. The van der Waals surface area contributed by atoms with Crippen molar-refractivity contribution in [2.75, 3.05) is 11.5 Å². The maximum Gasteiger partial charge on any atom is 0.0738 e. The van der Waals surface area contributed by atoms with Crippen LogP contribution in [0.15, 0.2) is 164 Å². The van der Waals surface area contributed by atoms with E-state index in [-0.39, 0.29) is 0 Å². The van der Waals surface area contributed by atoms with Crippen LogP contribution in [0.25, 0.3) is 22.3 Å². The van der Waals surface area contributed by atoms with Gasteiger partial charge in [0.25, 0.3) is 0 Å². The molecule has 6 heteroatoms. The third-order valence-corrected chi connectivity index (χ3v) is 10.9. The zero-order valence-corrected chi connectivity index (χ0v) is 32.5. The van der Waals surface area contributed by atoms with Crippen molar-refractivity contribution in [2.45, 2.75) is 41.5 Å². The Morgan fingerprint density at radius 3 is 0.911 bits per heavy atom. The molecule has 0 saturated carbocycles. The number of hydrogen-bond acceptors (Lipinski definition) is 6. The van der Waals surface area contributed by atoms with E-state index in [1.807, 2.05) is 48.5 Å². The summed E-state index contributed by atoms with van der Waals surface area (Å²) >= 11 is 0. The molecule has 0 aromatic heterocycles. The van der Waals surface area contributed by atoms with Crippen molar-refractivity contribution in [1.29, 1.82) is 0 Å². The summed E-state index contributed by atoms with van der Waals surface area (Å²) in [6.07, 6.45) is 16.9. The Kier molecular flexibility index (Phi) is 8.35. The topological polar surface area (TPSA) is 101 Å². The van der Waals surface area contributed by atoms with Crippen LogP contribution >= 0.6 is 0 Å². The van der Waals surface area contributed by atoms with Gasteiger partial charge in [0.2, 0.25) is 0 Å². The molecule has 5 aliphatic heterocycles. The number of aliphatic imine (C=N–C) groups is 4. The number of hydrogen-bond donors (Lipinski definition) is 2. The minimum absolute atomic E-state index is 0.697. The van der Waals surface area contributed by atoms with Crippen LogP contribution in [0.2, 0.25) is 0 Å². The highest BCUT2D eigenvalue weighted by atomic mass is 14.9. The first-order valence-electron chi connectivity index (χ1n) is 19.0. The van der Waals surface area contributed by atoms with Gasteiger partial charge in [0.1, 0.15) is 0 Å². The molecular formula is C50H42N6. The largest absolute Gasteiger partial charge is 0.399 e. The quantitative estimate of drug-likeness (QED) is 0.205. The fraction of sp³-hybridized carbons (Fsp3) is 0.120. The summed E-state index contributed by atoms with van der Waals surface area (Å²) in [5, 5.41) is 0. The van der Waals surface area contributed by atoms with Crippen molar-refractivity contribution in [3.8, 4) is 0 Å². The summed E-state index contributed by atoms with van der Waals surface area (Å²) in [6, 6.07) is 24.9. The Morgan fingerprint density at radius 1 is 0.339 bits per heavy atom. The molecule has 272 valence electrons. The van der Waals surface area contributed by atoms with Gasteiger partial charge in [-0.05, 0) is 159 Å². The molecule has 0 radical (unpaired) electrons. The maximum atomic E-state index is 6.21. The minimum atomic E-state index is 0.697. The second kappa shape index (κ2) is 13.4. The Bertz CT molecular complexity index is 2570. The van der Waals surface area contributed by atoms with Gasteiger partial charge >= 0.3 is 0 Å². The van der Waals surface area contributed by atoms with Crippen LogP contribution in [0.1, 0.15) is 55.6 Å². The van der Waals surface area contributed by atoms with Gasteiger partial charge in [0, 0.05) is 33.7 Å². The third kappa shape index (κ3) is 6.00. The summed E-state index contributed by atoms with van der Waals surface area (Å²) < 4.78 is 0. The second-order valence-corrected chi connectivity index (χ2v) is 15.2. The second-order valence-electron chi connectivity index (χ2n) is 15.2. The predicted molar refractivity (Wildman–Crippen MR) is 237 cm³/mol. The van der Waals surface area contributed by atoms with E-state index < -0.39 is 0 Å². The van der Waals surface area contributed by atoms with Crippen LogP contribution in [0.4, 0.5) is 11.4 Å². The Morgan fingerprint density at radius 2 is 0.607 bits per heavy atom. The van der Waals surface area contributed by atoms with Crippen LogP contribution in [-0.4, -0.2) is 22.8 Å². The molecule has 0 atom stereocenters. The van der Waals surface area contributed by atoms with Crippen molar-refractivity contribution < 1.29 is 0 Å². The first-order chi connectivity index (χ1) is 27.0. The SMILES string of the molecule is Cc1cc(C)c(C2=C3C=CC(=N3)C(c3ccc(N)cc3)=C3C=CC(=N3)C(c3c(C)cc(C)cc3C)=C3C=CC(=N3)C(c3ccc(N)cc3)=C3C=CC2=N3)c(C)c1. The van der Waals surface area contributed by atoms with Gasteiger partial charge < -0.3 is 11.5 Å². The van der Waals surface area contributed by atoms with E-state index in [2.05, 4.69) is 114 Å². The molecule has 0 unspecified atom stereocenters. The number of allylic oxidation sites excluding steroid dienone is 12. The van der Waals surface area contributed by atoms with Gasteiger partial charge in [0.05, 0.1) is 45.6 Å². The van der Waals surface area contributed by atoms with E-state index in [9.17, 15) is 0 Å². The first kappa shape index (κ1) is 34.8. The number of nitrogens with two attached hydrogens (primary N) is 2.